The molecule has 0 saturated carbocycles. The van der Waals surface area contributed by atoms with Crippen molar-refractivity contribution in [3.8, 4) is 6.07 Å². The summed E-state index contributed by atoms with van der Waals surface area (Å²) in [5.74, 6) is 4.96. The second kappa shape index (κ2) is 71.6. The zero-order valence-electron chi connectivity index (χ0n) is 68.9. The van der Waals surface area contributed by atoms with Crippen molar-refractivity contribution in [2.24, 2.45) is 0 Å². The van der Waals surface area contributed by atoms with Crippen molar-refractivity contribution in [2.45, 2.75) is 257 Å². The Morgan fingerprint density at radius 3 is 1.21 bits per heavy atom. The first-order chi connectivity index (χ1) is 45.1. The Kier molecular flexibility index (Phi) is 87.1. The second-order valence-electron chi connectivity index (χ2n) is 25.1. The molecule has 0 bridgehead atoms. The Morgan fingerprint density at radius 2 is 0.833 bits per heavy atom. The molecule has 24 nitrogen and oxygen atoms in total. The molecule has 0 spiro atoms. The molecular formula is C61H125Ba6NO23P3S6Si2+. The standard InChI is InChI=1S/C22H43O7PS2Si.C17H32O6PSi.C14H25O9PS2.C5H12OS2.C2H3N.CH4.6Ba.6H/c1-8-15-31-32-16-14-26-30(23,28-19-10-12-24-18(19)9-2)27-17-21-20(11-13-25-21)29-33(6,7)22(3,4)5;1-7-13-14(8-10-19-13)22-24(18)21-12-16-15(9-11-20-16)23-25(5,6)17(2,3)4;15-3-7-25-26-8-6-21-24(18,22-10-14-11(17)1-4-20-14)23-12-2-5-19-13(12)9-16;1-2-4-7-8-5-3-6;1-2-3;;;;;;;;;;;;;/h12-13,18-21H,8-11,14-17H2,1-7H3;10-11,13-16H,7-9,12H2,1-6H3;4-5,11-17H,1-3,6-10H2;6H,2-5H2,1H3;1H3;1H4;;;;;;;;;;;;/q-2;-1;-2;;;;6*+2;6*-1/t18-,19?,20?,21-,30+;13-,14?,15?,16-;11?,12?,13-,14-,24+;;;;;;;;;;;;;;;/m111.............../s1. The predicted molar refractivity (Wildman–Crippen MR) is 436 cm³/mol. The van der Waals surface area contributed by atoms with Crippen LogP contribution in [0.2, 0.25) is 36.3 Å². The van der Waals surface area contributed by atoms with E-state index < -0.39 is 65.0 Å². The van der Waals surface area contributed by atoms with Crippen LogP contribution < -0.4 is 0 Å². The van der Waals surface area contributed by atoms with Gasteiger partial charge in [0, 0.05) is 64.3 Å². The number of phosphoric acid groups is 2. The molecule has 0 aliphatic carbocycles. The topological polar surface area (TPSA) is 304 Å². The number of nitriles is 1. The molecule has 6 aliphatic heterocycles. The minimum Gasteiger partial charge on any atom is -1.00 e. The largest absolute Gasteiger partial charge is 2.00 e. The van der Waals surface area contributed by atoms with Gasteiger partial charge in [-0.25, -0.2) is 48.8 Å². The van der Waals surface area contributed by atoms with Crippen LogP contribution in [0.5, 0.6) is 0 Å². The van der Waals surface area contributed by atoms with Gasteiger partial charge >= 0.3 is 317 Å². The van der Waals surface area contributed by atoms with Crippen molar-refractivity contribution in [1.82, 2.24) is 0 Å². The van der Waals surface area contributed by atoms with Crippen molar-refractivity contribution in [3.63, 3.8) is 0 Å². The Hall–Kier alpha value is 11.2. The van der Waals surface area contributed by atoms with Gasteiger partial charge in [-0.15, -0.1) is 47.6 Å². The van der Waals surface area contributed by atoms with E-state index in [1.54, 1.807) is 64.9 Å². The van der Waals surface area contributed by atoms with Crippen LogP contribution in [0.25, 0.3) is 0 Å². The van der Waals surface area contributed by atoms with Crippen LogP contribution in [0, 0.1) is 51.0 Å². The van der Waals surface area contributed by atoms with E-state index in [1.807, 2.05) is 24.6 Å². The maximum atomic E-state index is 13.6. The summed E-state index contributed by atoms with van der Waals surface area (Å²) in [6.45, 7) is 42.4. The van der Waals surface area contributed by atoms with E-state index in [0.717, 1.165) is 37.2 Å². The van der Waals surface area contributed by atoms with E-state index in [0.29, 0.717) is 56.0 Å². The summed E-state index contributed by atoms with van der Waals surface area (Å²) in [4.78, 5) is 0. The molecule has 102 heavy (non-hydrogen) atoms. The van der Waals surface area contributed by atoms with Gasteiger partial charge in [0.1, 0.15) is 12.7 Å². The van der Waals surface area contributed by atoms with Crippen LogP contribution in [0.3, 0.4) is 0 Å². The third-order valence-electron chi connectivity index (χ3n) is 15.5. The first-order valence-electron chi connectivity index (χ1n) is 32.7. The molecule has 582 valence electrons. The van der Waals surface area contributed by atoms with E-state index in [9.17, 15) is 23.9 Å². The van der Waals surface area contributed by atoms with E-state index in [2.05, 4.69) is 81.6 Å². The average Bonchev–Trinajstić information content (AvgIpc) is 1.75. The molecule has 4 N–H and O–H groups in total. The Bertz CT molecular complexity index is 2220. The van der Waals surface area contributed by atoms with E-state index in [4.69, 9.17) is 88.9 Å². The monoisotopic (exact) mass is 2410 g/mol. The molecule has 6 rings (SSSR count). The molecule has 6 aliphatic rings. The summed E-state index contributed by atoms with van der Waals surface area (Å²) in [5.41, 5.74) is 0. The fourth-order valence-corrected chi connectivity index (χ4v) is 20.2. The summed E-state index contributed by atoms with van der Waals surface area (Å²) in [5, 5.41) is 43.6. The Balaban J connectivity index is -0.000000114. The number of nitrogens with zero attached hydrogens (tertiary/aromatic N) is 1. The van der Waals surface area contributed by atoms with Crippen molar-refractivity contribution in [3.05, 3.63) is 39.6 Å². The molecule has 41 heteroatoms. The van der Waals surface area contributed by atoms with Crippen LogP contribution in [0.15, 0.2) is 0 Å². The Labute approximate surface area is 892 Å². The molecule has 7 unspecified atom stereocenters. The molecule has 0 aromatic heterocycles. The van der Waals surface area contributed by atoms with Gasteiger partial charge in [0.05, 0.1) is 101 Å². The van der Waals surface area contributed by atoms with Crippen LogP contribution in [0.1, 0.15) is 156 Å². The molecule has 0 aromatic carbocycles. The fourth-order valence-electron chi connectivity index (χ4n) is 8.19. The summed E-state index contributed by atoms with van der Waals surface area (Å²) in [6, 6.07) is 1.75. The van der Waals surface area contributed by atoms with Crippen LogP contribution >= 0.6 is 88.7 Å². The summed E-state index contributed by atoms with van der Waals surface area (Å²) < 4.78 is 129. The normalized spacial score (nSPS) is 25.7. The molecule has 6 saturated heterocycles. The second-order valence-corrected chi connectivity index (χ2v) is 46.8. The van der Waals surface area contributed by atoms with Gasteiger partial charge in [-0.3, -0.25) is 27.1 Å². The van der Waals surface area contributed by atoms with Crippen molar-refractivity contribution >= 4 is 399 Å². The predicted octanol–water partition coefficient (Wildman–Crippen LogP) is 14.2. The smallest absolute Gasteiger partial charge is 1.00 e. The number of rotatable bonds is 41. The SMILES string of the molecule is C.CC#N.CCCSSCCO.CCCSSCCO[P@@](=O)(OC[C@H]1O[CH-]CC1O[Si](C)(C)C(C)(C)C)OC1C[CH-]O[C@@H]1CC.CC[C@H]1O[CH-]CC1O[P+](=O)OC[C@H]1O[CH-]CC1O[Si](C)(C)C(C)(C)C.O=[P@](OCCSSCCO)(OC[C@H]1O[CH-]CC1O)OC1C[CH-]O[C@@H]1CO.[Ba+2].[Ba+2].[Ba+2].[Ba+2].[Ba+2].[Ba+2].[H-].[H-].[H-].[H-].[H-].[H-]. The maximum absolute atomic E-state index is 13.6. The van der Waals surface area contributed by atoms with Gasteiger partial charge in [-0.2, -0.15) is 5.26 Å². The van der Waals surface area contributed by atoms with Gasteiger partial charge in [-0.05, 0) is 61.9 Å². The first kappa shape index (κ1) is 124. The summed E-state index contributed by atoms with van der Waals surface area (Å²) in [6.07, 6.45) is 3.05. The van der Waals surface area contributed by atoms with E-state index in [-0.39, 0.29) is 414 Å². The first-order valence-corrected chi connectivity index (χ1v) is 50.0. The van der Waals surface area contributed by atoms with Gasteiger partial charge in [0.25, 0.3) is 0 Å². The zero-order valence-corrected chi connectivity index (χ0v) is 99.1. The third-order valence-corrected chi connectivity index (χ3v) is 35.8. The molecule has 0 amide bonds. The van der Waals surface area contributed by atoms with E-state index >= 15 is 0 Å². The van der Waals surface area contributed by atoms with Crippen LogP contribution in [-0.4, -0.2) is 491 Å². The maximum Gasteiger partial charge on any atom is 2.00 e. The van der Waals surface area contributed by atoms with Gasteiger partial charge in [0.2, 0.25) is 0 Å². The number of hydrogen-bond donors (Lipinski definition) is 4. The molecule has 15 atom stereocenters. The molecule has 6 heterocycles. The number of hydrogen-bond acceptors (Lipinski definition) is 30. The summed E-state index contributed by atoms with van der Waals surface area (Å²) in [7, 11) is -3.80. The number of ether oxygens (including phenoxy) is 6. The third kappa shape index (κ3) is 53.3. The summed E-state index contributed by atoms with van der Waals surface area (Å²) >= 11 is 0. The van der Waals surface area contributed by atoms with Gasteiger partial charge in [-0.1, -0.05) is 141 Å². The quantitative estimate of drug-likeness (QED) is 0.0145. The van der Waals surface area contributed by atoms with Crippen molar-refractivity contribution < 1.29 is 116 Å². The Morgan fingerprint density at radius 1 is 0.510 bits per heavy atom. The van der Waals surface area contributed by atoms with Crippen molar-refractivity contribution in [1.29, 1.82) is 5.26 Å². The molecular weight excluding hydrogens is 2280 g/mol. The van der Waals surface area contributed by atoms with E-state index in [1.165, 1.54) is 53.9 Å². The average molecular weight is 2410 g/mol. The number of aliphatic hydroxyl groups is 4. The van der Waals surface area contributed by atoms with Gasteiger partial charge in [0.15, 0.2) is 16.6 Å². The minimum atomic E-state index is -3.94. The van der Waals surface area contributed by atoms with Gasteiger partial charge < -0.3 is 66.3 Å². The minimum absolute atomic E-state index is 0. The molecule has 0 aromatic rings. The van der Waals surface area contributed by atoms with Crippen LogP contribution in [0.4, 0.5) is 0 Å². The van der Waals surface area contributed by atoms with Crippen LogP contribution in [-0.2, 0) is 87.2 Å². The number of aliphatic hydroxyl groups excluding tert-OH is 4. The molecule has 0 radical (unpaired) electrons. The number of phosphoric ester groups is 2. The molecule has 6 fully saturated rings. The zero-order chi connectivity index (χ0) is 71.0. The van der Waals surface area contributed by atoms with Crippen molar-refractivity contribution in [2.75, 3.05) is 87.4 Å². The fraction of sp³-hybridized carbons (Fsp3) is 0.885.